The summed E-state index contributed by atoms with van der Waals surface area (Å²) in [6.07, 6.45) is 1.60. The summed E-state index contributed by atoms with van der Waals surface area (Å²) in [6.45, 7) is 14.0. The normalized spacial score (nSPS) is 12.3. The average molecular weight is 246 g/mol. The second-order valence-corrected chi connectivity index (χ2v) is 13.6. The zero-order valence-electron chi connectivity index (χ0n) is 10.4. The molecule has 0 spiro atoms. The third kappa shape index (κ3) is 6.64. The molecule has 0 bridgehead atoms. The summed E-state index contributed by atoms with van der Waals surface area (Å²) in [7, 11) is -3.42. The number of ether oxygens (including phenoxy) is 1. The van der Waals surface area contributed by atoms with Gasteiger partial charge in [0.15, 0.2) is 8.32 Å². The standard InChI is InChI=1S/C10H22O3Si2/c1-7-10(11)12-9-15(5,6)13-14(3,4)8-2/h7H,1,8-9H2,2-6H3. The molecule has 5 heteroatoms. The predicted octanol–water partition coefficient (Wildman–Crippen LogP) is 2.70. The summed E-state index contributed by atoms with van der Waals surface area (Å²) in [4.78, 5) is 10.9. The van der Waals surface area contributed by atoms with Crippen LogP contribution in [0.4, 0.5) is 0 Å². The van der Waals surface area contributed by atoms with E-state index >= 15 is 0 Å². The molecular weight excluding hydrogens is 224 g/mol. The summed E-state index contributed by atoms with van der Waals surface area (Å²) in [5.74, 6) is -0.366. The maximum Gasteiger partial charge on any atom is 0.329 e. The molecule has 0 amide bonds. The third-order valence-electron chi connectivity index (χ3n) is 2.13. The number of esters is 1. The lowest BCUT2D eigenvalue weighted by Gasteiger charge is -2.32. The van der Waals surface area contributed by atoms with Crippen molar-refractivity contribution in [3.63, 3.8) is 0 Å². The van der Waals surface area contributed by atoms with Crippen LogP contribution in [0.2, 0.25) is 32.2 Å². The molecule has 0 unspecified atom stereocenters. The van der Waals surface area contributed by atoms with Gasteiger partial charge < -0.3 is 8.85 Å². The van der Waals surface area contributed by atoms with Crippen LogP contribution < -0.4 is 0 Å². The van der Waals surface area contributed by atoms with E-state index < -0.39 is 16.6 Å². The Morgan fingerprint density at radius 1 is 1.27 bits per heavy atom. The quantitative estimate of drug-likeness (QED) is 0.411. The number of rotatable bonds is 6. The topological polar surface area (TPSA) is 35.5 Å². The molecule has 0 atom stereocenters. The molecule has 0 N–H and O–H groups in total. The molecule has 3 nitrogen and oxygen atoms in total. The van der Waals surface area contributed by atoms with Gasteiger partial charge in [0.05, 0.1) is 0 Å². The van der Waals surface area contributed by atoms with E-state index in [1.807, 2.05) is 0 Å². The minimum absolute atomic E-state index is 0.366. The van der Waals surface area contributed by atoms with Crippen LogP contribution in [0.1, 0.15) is 6.92 Å². The highest BCUT2D eigenvalue weighted by atomic mass is 28.4. The van der Waals surface area contributed by atoms with Crippen LogP contribution in [0.3, 0.4) is 0 Å². The molecule has 0 saturated carbocycles. The van der Waals surface area contributed by atoms with Crippen molar-refractivity contribution < 1.29 is 13.6 Å². The van der Waals surface area contributed by atoms with Crippen molar-refractivity contribution in [2.24, 2.45) is 0 Å². The number of hydrogen-bond acceptors (Lipinski definition) is 3. The Balaban J connectivity index is 4.18. The Morgan fingerprint density at radius 3 is 2.20 bits per heavy atom. The van der Waals surface area contributed by atoms with Gasteiger partial charge in [-0.25, -0.2) is 4.79 Å². The summed E-state index contributed by atoms with van der Waals surface area (Å²) in [5, 5.41) is 0. The first-order chi connectivity index (χ1) is 6.72. The van der Waals surface area contributed by atoms with Crippen LogP contribution in [-0.4, -0.2) is 28.8 Å². The van der Waals surface area contributed by atoms with Gasteiger partial charge in [-0.3, -0.25) is 0 Å². The van der Waals surface area contributed by atoms with E-state index in [1.165, 1.54) is 6.08 Å². The van der Waals surface area contributed by atoms with Crippen molar-refractivity contribution in [1.82, 2.24) is 0 Å². The second kappa shape index (κ2) is 5.62. The lowest BCUT2D eigenvalue weighted by Crippen LogP contribution is -2.47. The highest BCUT2D eigenvalue weighted by Crippen LogP contribution is 2.18. The molecule has 0 aromatic carbocycles. The van der Waals surface area contributed by atoms with Crippen LogP contribution in [0.5, 0.6) is 0 Å². The molecule has 88 valence electrons. The molecule has 0 saturated heterocycles. The zero-order valence-corrected chi connectivity index (χ0v) is 12.4. The van der Waals surface area contributed by atoms with E-state index in [2.05, 4.69) is 39.7 Å². The number of carbonyl (C=O) groups is 1. The van der Waals surface area contributed by atoms with Gasteiger partial charge in [-0.05, 0) is 32.2 Å². The summed E-state index contributed by atoms with van der Waals surface area (Å²) in [6, 6.07) is 1.08. The van der Waals surface area contributed by atoms with Crippen LogP contribution >= 0.6 is 0 Å². The van der Waals surface area contributed by atoms with Crippen LogP contribution in [0, 0.1) is 0 Å². The van der Waals surface area contributed by atoms with Gasteiger partial charge in [-0.1, -0.05) is 13.5 Å². The molecule has 0 fully saturated rings. The van der Waals surface area contributed by atoms with E-state index in [0.29, 0.717) is 6.23 Å². The molecule has 0 aliphatic carbocycles. The molecule has 15 heavy (non-hydrogen) atoms. The van der Waals surface area contributed by atoms with Gasteiger partial charge in [0, 0.05) is 6.08 Å². The fourth-order valence-electron chi connectivity index (χ4n) is 1.15. The van der Waals surface area contributed by atoms with Crippen LogP contribution in [0.15, 0.2) is 12.7 Å². The smallest absolute Gasteiger partial charge is 0.329 e. The SMILES string of the molecule is C=CC(=O)OC[Si](C)(C)O[Si](C)(C)CC. The highest BCUT2D eigenvalue weighted by Gasteiger charge is 2.32. The lowest BCUT2D eigenvalue weighted by atomic mass is 10.7. The van der Waals surface area contributed by atoms with Crippen molar-refractivity contribution >= 4 is 22.6 Å². The van der Waals surface area contributed by atoms with Gasteiger partial charge in [0.25, 0.3) is 0 Å². The average Bonchev–Trinajstić information content (AvgIpc) is 2.13. The summed E-state index contributed by atoms with van der Waals surface area (Å²) in [5.41, 5.74) is 0. The highest BCUT2D eigenvalue weighted by molar-refractivity contribution is 6.84. The second-order valence-electron chi connectivity index (χ2n) is 4.79. The Labute approximate surface area is 94.7 Å². The van der Waals surface area contributed by atoms with Crippen molar-refractivity contribution in [3.05, 3.63) is 12.7 Å². The monoisotopic (exact) mass is 246 g/mol. The zero-order chi connectivity index (χ0) is 12.1. The first kappa shape index (κ1) is 14.6. The molecule has 0 aliphatic heterocycles. The predicted molar refractivity (Wildman–Crippen MR) is 67.7 cm³/mol. The minimum Gasteiger partial charge on any atom is -0.463 e. The molecular formula is C10H22O3Si2. The Morgan fingerprint density at radius 2 is 1.80 bits per heavy atom. The van der Waals surface area contributed by atoms with Crippen LogP contribution in [-0.2, 0) is 13.6 Å². The van der Waals surface area contributed by atoms with Gasteiger partial charge in [-0.2, -0.15) is 0 Å². The maximum atomic E-state index is 10.9. The van der Waals surface area contributed by atoms with Crippen molar-refractivity contribution in [2.75, 3.05) is 6.23 Å². The fraction of sp³-hybridized carbons (Fsp3) is 0.700. The van der Waals surface area contributed by atoms with Crippen LogP contribution in [0.25, 0.3) is 0 Å². The molecule has 0 heterocycles. The lowest BCUT2D eigenvalue weighted by molar-refractivity contribution is -0.136. The van der Waals surface area contributed by atoms with Crippen molar-refractivity contribution in [3.8, 4) is 0 Å². The van der Waals surface area contributed by atoms with E-state index in [1.54, 1.807) is 0 Å². The summed E-state index contributed by atoms with van der Waals surface area (Å²) >= 11 is 0. The van der Waals surface area contributed by atoms with E-state index in [9.17, 15) is 4.79 Å². The molecule has 0 aromatic rings. The van der Waals surface area contributed by atoms with Gasteiger partial charge in [-0.15, -0.1) is 0 Å². The first-order valence-electron chi connectivity index (χ1n) is 5.22. The molecule has 0 radical (unpaired) electrons. The molecule has 0 rings (SSSR count). The minimum atomic E-state index is -1.87. The van der Waals surface area contributed by atoms with E-state index in [0.717, 1.165) is 6.04 Å². The molecule has 0 aromatic heterocycles. The Hall–Kier alpha value is -0.396. The van der Waals surface area contributed by atoms with E-state index in [4.69, 9.17) is 8.85 Å². The summed E-state index contributed by atoms with van der Waals surface area (Å²) < 4.78 is 11.2. The number of carbonyl (C=O) groups excluding carboxylic acids is 1. The van der Waals surface area contributed by atoms with Gasteiger partial charge in [0.1, 0.15) is 6.23 Å². The largest absolute Gasteiger partial charge is 0.463 e. The molecule has 0 aliphatic rings. The first-order valence-corrected chi connectivity index (χ1v) is 11.4. The van der Waals surface area contributed by atoms with E-state index in [-0.39, 0.29) is 5.97 Å². The van der Waals surface area contributed by atoms with Crippen molar-refractivity contribution in [1.29, 1.82) is 0 Å². The third-order valence-corrected chi connectivity index (χ3v) is 9.10. The van der Waals surface area contributed by atoms with Gasteiger partial charge >= 0.3 is 5.97 Å². The maximum absolute atomic E-state index is 10.9. The number of hydrogen-bond donors (Lipinski definition) is 0. The Kier molecular flexibility index (Phi) is 5.47. The van der Waals surface area contributed by atoms with Gasteiger partial charge in [0.2, 0.25) is 8.32 Å². The van der Waals surface area contributed by atoms with Crippen molar-refractivity contribution in [2.45, 2.75) is 39.2 Å². The fourth-order valence-corrected chi connectivity index (χ4v) is 8.44. The Bertz CT molecular complexity index is 237.